The number of aryl methyl sites for hydroxylation is 1. The van der Waals surface area contributed by atoms with Crippen LogP contribution in [-0.4, -0.2) is 22.2 Å². The van der Waals surface area contributed by atoms with Crippen molar-refractivity contribution in [1.82, 2.24) is 0 Å². The van der Waals surface area contributed by atoms with Crippen molar-refractivity contribution in [3.8, 4) is 5.75 Å². The van der Waals surface area contributed by atoms with Crippen LogP contribution in [0, 0.1) is 23.7 Å². The molecule has 126 valence electrons. The third-order valence-corrected chi connectivity index (χ3v) is 7.83. The second-order valence-corrected chi connectivity index (χ2v) is 9.73. The molecule has 2 nitrogen and oxygen atoms in total. The molecule has 0 aliphatic heterocycles. The number of alkyl halides is 1. The first-order valence-corrected chi connectivity index (χ1v) is 10.3. The van der Waals surface area contributed by atoms with Crippen molar-refractivity contribution in [2.24, 2.45) is 23.7 Å². The van der Waals surface area contributed by atoms with Gasteiger partial charge in [-0.25, -0.2) is 0 Å². The number of fused-ring (bicyclic) bond motifs is 5. The number of halogens is 1. The molecule has 3 heteroatoms. The molecule has 1 N–H and O–H groups in total. The molecule has 1 unspecified atom stereocenters. The first-order valence-electron chi connectivity index (χ1n) is 9.07. The Morgan fingerprint density at radius 3 is 2.78 bits per heavy atom. The zero-order valence-electron chi connectivity index (χ0n) is 14.0. The van der Waals surface area contributed by atoms with E-state index in [1.165, 1.54) is 31.2 Å². The van der Waals surface area contributed by atoms with Gasteiger partial charge < -0.3 is 9.84 Å². The summed E-state index contributed by atoms with van der Waals surface area (Å²) in [7, 11) is 1.75. The van der Waals surface area contributed by atoms with Crippen LogP contribution in [0.25, 0.3) is 0 Å². The number of ether oxygens (including phenoxy) is 1. The highest BCUT2D eigenvalue weighted by Crippen LogP contribution is 2.56. The summed E-state index contributed by atoms with van der Waals surface area (Å²) in [6, 6.07) is 6.70. The van der Waals surface area contributed by atoms with Crippen LogP contribution < -0.4 is 4.74 Å². The summed E-state index contributed by atoms with van der Waals surface area (Å²) in [6.07, 6.45) is 5.93. The molecule has 0 saturated heterocycles. The number of aliphatic hydroxyl groups excluding tert-OH is 1. The van der Waals surface area contributed by atoms with Gasteiger partial charge >= 0.3 is 0 Å². The minimum Gasteiger partial charge on any atom is -0.497 e. The Hall–Kier alpha value is -0.290. The van der Waals surface area contributed by atoms with E-state index in [9.17, 15) is 5.11 Å². The quantitative estimate of drug-likeness (QED) is 0.527. The highest BCUT2D eigenvalue weighted by Gasteiger charge is 2.50. The van der Waals surface area contributed by atoms with Crippen LogP contribution in [0.3, 0.4) is 0 Å². The number of rotatable bonds is 1. The second kappa shape index (κ2) is 6.21. The normalized spacial score (nSPS) is 42.3. The Kier molecular flexibility index (Phi) is 4.38. The average molecular weight is 426 g/mol. The third kappa shape index (κ3) is 2.72. The Balaban J connectivity index is 1.68. The van der Waals surface area contributed by atoms with Crippen LogP contribution >= 0.6 is 22.6 Å². The van der Waals surface area contributed by atoms with Crippen molar-refractivity contribution >= 4 is 22.6 Å². The summed E-state index contributed by atoms with van der Waals surface area (Å²) in [5.74, 6) is 4.32. The summed E-state index contributed by atoms with van der Waals surface area (Å²) in [4.78, 5) is 0. The molecule has 0 bridgehead atoms. The van der Waals surface area contributed by atoms with E-state index in [0.717, 1.165) is 18.1 Å². The second-order valence-electron chi connectivity index (χ2n) is 7.96. The van der Waals surface area contributed by atoms with Crippen molar-refractivity contribution in [2.75, 3.05) is 7.11 Å². The molecule has 2 fully saturated rings. The zero-order chi connectivity index (χ0) is 16.1. The van der Waals surface area contributed by atoms with Gasteiger partial charge in [-0.2, -0.15) is 0 Å². The minimum absolute atomic E-state index is 0.0798. The maximum Gasteiger partial charge on any atom is 0.119 e. The Morgan fingerprint density at radius 1 is 1.17 bits per heavy atom. The molecule has 3 aliphatic carbocycles. The van der Waals surface area contributed by atoms with Crippen LogP contribution in [-0.2, 0) is 6.42 Å². The van der Waals surface area contributed by atoms with Crippen LogP contribution in [0.4, 0.5) is 0 Å². The fourth-order valence-electron chi connectivity index (χ4n) is 5.93. The lowest BCUT2D eigenvalue weighted by Gasteiger charge is -2.53. The fraction of sp³-hybridized carbons (Fsp3) is 0.700. The van der Waals surface area contributed by atoms with Crippen LogP contribution in [0.5, 0.6) is 5.75 Å². The van der Waals surface area contributed by atoms with Gasteiger partial charge in [0.2, 0.25) is 0 Å². The van der Waals surface area contributed by atoms with E-state index in [4.69, 9.17) is 4.74 Å². The third-order valence-electron chi connectivity index (χ3n) is 6.81. The van der Waals surface area contributed by atoms with Gasteiger partial charge in [0.05, 0.1) is 13.2 Å². The van der Waals surface area contributed by atoms with Crippen molar-refractivity contribution in [1.29, 1.82) is 0 Å². The predicted octanol–water partition coefficient (Wildman–Crippen LogP) is 4.57. The molecule has 7 atom stereocenters. The highest BCUT2D eigenvalue weighted by molar-refractivity contribution is 14.1. The Bertz CT molecular complexity index is 587. The standard InChI is InChI=1S/C20H27IO2/c1-11-7-17-15-6-4-14(23-2)8-12(15)3-5-16(17)18-9-13(21)10-19(22)20(11)18/h4,6,8,11,13,16-20,22H,3,5,7,9-10H2,1-2H3/t11-,13+,16-,17-,18+,19+,20?/m1/s1. The zero-order valence-corrected chi connectivity index (χ0v) is 16.2. The first kappa shape index (κ1) is 16.2. The van der Waals surface area contributed by atoms with E-state index in [-0.39, 0.29) is 6.10 Å². The molecule has 0 aromatic heterocycles. The largest absolute Gasteiger partial charge is 0.497 e. The van der Waals surface area contributed by atoms with Gasteiger partial charge in [-0.05, 0) is 85.0 Å². The maximum atomic E-state index is 10.7. The molecule has 0 heterocycles. The van der Waals surface area contributed by atoms with E-state index >= 15 is 0 Å². The topological polar surface area (TPSA) is 29.5 Å². The number of methoxy groups -OCH3 is 1. The van der Waals surface area contributed by atoms with Crippen molar-refractivity contribution in [3.63, 3.8) is 0 Å². The fourth-order valence-corrected chi connectivity index (χ4v) is 7.04. The van der Waals surface area contributed by atoms with Crippen LogP contribution in [0.1, 0.15) is 49.7 Å². The van der Waals surface area contributed by atoms with Gasteiger partial charge in [0, 0.05) is 3.92 Å². The molecule has 0 amide bonds. The molecular formula is C20H27IO2. The SMILES string of the molecule is COc1ccc2c(c1)CC[C@@H]1[C@@H]2C[C@@H](C)C2[C@H]1C[C@H](I)C[C@@H]2O. The van der Waals surface area contributed by atoms with Crippen molar-refractivity contribution in [3.05, 3.63) is 29.3 Å². The van der Waals surface area contributed by atoms with E-state index in [2.05, 4.69) is 47.7 Å². The number of aliphatic hydroxyl groups is 1. The predicted molar refractivity (Wildman–Crippen MR) is 101 cm³/mol. The number of benzene rings is 1. The highest BCUT2D eigenvalue weighted by atomic mass is 127. The smallest absolute Gasteiger partial charge is 0.119 e. The monoisotopic (exact) mass is 426 g/mol. The van der Waals surface area contributed by atoms with Crippen molar-refractivity contribution < 1.29 is 9.84 Å². The molecule has 1 aromatic carbocycles. The lowest BCUT2D eigenvalue weighted by molar-refractivity contribution is -0.0525. The minimum atomic E-state index is -0.0798. The molecule has 0 radical (unpaired) electrons. The summed E-state index contributed by atoms with van der Waals surface area (Å²) < 4.78 is 6.06. The Morgan fingerprint density at radius 2 is 2.00 bits per heavy atom. The van der Waals surface area contributed by atoms with Gasteiger partial charge in [-0.3, -0.25) is 0 Å². The van der Waals surface area contributed by atoms with Crippen LogP contribution in [0.15, 0.2) is 18.2 Å². The van der Waals surface area contributed by atoms with Crippen molar-refractivity contribution in [2.45, 2.75) is 55.0 Å². The maximum absolute atomic E-state index is 10.7. The van der Waals surface area contributed by atoms with E-state index in [0.29, 0.717) is 27.6 Å². The molecular weight excluding hydrogens is 399 g/mol. The van der Waals surface area contributed by atoms with Gasteiger partial charge in [0.25, 0.3) is 0 Å². The summed E-state index contributed by atoms with van der Waals surface area (Å²) in [5, 5.41) is 10.7. The molecule has 2 saturated carbocycles. The number of hydrogen-bond acceptors (Lipinski definition) is 2. The lowest BCUT2D eigenvalue weighted by Crippen LogP contribution is -2.49. The van der Waals surface area contributed by atoms with E-state index < -0.39 is 0 Å². The lowest BCUT2D eigenvalue weighted by atomic mass is 9.53. The summed E-state index contributed by atoms with van der Waals surface area (Å²) in [6.45, 7) is 2.38. The van der Waals surface area contributed by atoms with Gasteiger partial charge in [-0.15, -0.1) is 0 Å². The van der Waals surface area contributed by atoms with Gasteiger partial charge in [0.15, 0.2) is 0 Å². The number of hydrogen-bond donors (Lipinski definition) is 1. The average Bonchev–Trinajstić information content (AvgIpc) is 2.53. The molecule has 1 aromatic rings. The molecule has 4 rings (SSSR count). The summed E-state index contributed by atoms with van der Waals surface area (Å²) >= 11 is 2.56. The molecule has 3 aliphatic rings. The summed E-state index contributed by atoms with van der Waals surface area (Å²) in [5.41, 5.74) is 3.07. The molecule has 23 heavy (non-hydrogen) atoms. The van der Waals surface area contributed by atoms with Crippen LogP contribution in [0.2, 0.25) is 0 Å². The first-order chi connectivity index (χ1) is 11.1. The van der Waals surface area contributed by atoms with E-state index in [1.54, 1.807) is 12.7 Å². The Labute approximate surface area is 153 Å². The van der Waals surface area contributed by atoms with E-state index in [1.807, 2.05) is 0 Å². The van der Waals surface area contributed by atoms with Gasteiger partial charge in [0.1, 0.15) is 5.75 Å². The molecule has 0 spiro atoms. The van der Waals surface area contributed by atoms with Gasteiger partial charge in [-0.1, -0.05) is 35.6 Å².